The Morgan fingerprint density at radius 1 is 0.760 bits per heavy atom. The highest BCUT2D eigenvalue weighted by molar-refractivity contribution is 6.10. The molecule has 0 aliphatic carbocycles. The van der Waals surface area contributed by atoms with Gasteiger partial charge in [-0.3, -0.25) is 0 Å². The molecule has 0 saturated heterocycles. The monoisotopic (exact) mass is 333 g/mol. The van der Waals surface area contributed by atoms with E-state index in [1.807, 2.05) is 36.4 Å². The van der Waals surface area contributed by atoms with Crippen molar-refractivity contribution in [2.45, 2.75) is 0 Å². The molecule has 0 bridgehead atoms. The second kappa shape index (κ2) is 5.14. The van der Waals surface area contributed by atoms with Crippen LogP contribution in [0.25, 0.3) is 32.6 Å². The molecule has 3 aromatic carbocycles. The van der Waals surface area contributed by atoms with E-state index in [1.54, 1.807) is 14.2 Å². The minimum absolute atomic E-state index is 0.255. The van der Waals surface area contributed by atoms with Crippen LogP contribution in [0, 0.1) is 0 Å². The lowest BCUT2D eigenvalue weighted by Gasteiger charge is -2.11. The maximum atomic E-state index is 5.49. The fraction of sp³-hybridized carbons (Fsp3) is 0.150. The van der Waals surface area contributed by atoms with Crippen LogP contribution in [0.15, 0.2) is 42.5 Å². The minimum atomic E-state index is 0.255. The van der Waals surface area contributed by atoms with Gasteiger partial charge in [0.15, 0.2) is 23.0 Å². The molecule has 1 aromatic heterocycles. The van der Waals surface area contributed by atoms with Gasteiger partial charge < -0.3 is 18.9 Å². The largest absolute Gasteiger partial charge is 0.493 e. The van der Waals surface area contributed by atoms with Crippen LogP contribution in [-0.4, -0.2) is 26.0 Å². The number of hydrogen-bond acceptors (Lipinski definition) is 5. The van der Waals surface area contributed by atoms with Crippen LogP contribution in [0.5, 0.6) is 23.0 Å². The van der Waals surface area contributed by atoms with Crippen LogP contribution in [-0.2, 0) is 0 Å². The molecule has 1 aliphatic heterocycles. The molecule has 4 aromatic rings. The number of pyridine rings is 1. The molecule has 124 valence electrons. The summed E-state index contributed by atoms with van der Waals surface area (Å²) in [6.07, 6.45) is 0. The molecule has 0 amide bonds. The van der Waals surface area contributed by atoms with E-state index in [-0.39, 0.29) is 6.79 Å². The van der Waals surface area contributed by atoms with Crippen molar-refractivity contribution in [2.24, 2.45) is 0 Å². The Kier molecular flexibility index (Phi) is 2.91. The van der Waals surface area contributed by atoms with E-state index in [4.69, 9.17) is 23.9 Å². The average molecular weight is 333 g/mol. The molecule has 5 heteroatoms. The Hall–Kier alpha value is -3.21. The Morgan fingerprint density at radius 2 is 1.52 bits per heavy atom. The fourth-order valence-electron chi connectivity index (χ4n) is 3.36. The third-order valence-electron chi connectivity index (χ3n) is 4.61. The molecule has 0 saturated carbocycles. The molecule has 0 radical (unpaired) electrons. The minimum Gasteiger partial charge on any atom is -0.493 e. The molecule has 2 heterocycles. The molecule has 1 aliphatic rings. The highest BCUT2D eigenvalue weighted by atomic mass is 16.7. The zero-order valence-electron chi connectivity index (χ0n) is 13.8. The van der Waals surface area contributed by atoms with E-state index >= 15 is 0 Å². The Morgan fingerprint density at radius 3 is 2.32 bits per heavy atom. The number of benzene rings is 3. The van der Waals surface area contributed by atoms with Gasteiger partial charge in [0.05, 0.1) is 25.3 Å². The maximum absolute atomic E-state index is 5.49. The quantitative estimate of drug-likeness (QED) is 0.405. The van der Waals surface area contributed by atoms with E-state index in [2.05, 4.69) is 6.07 Å². The fourth-order valence-corrected chi connectivity index (χ4v) is 3.36. The number of fused-ring (bicyclic) bond motifs is 5. The Bertz CT molecular complexity index is 1150. The van der Waals surface area contributed by atoms with Crippen molar-refractivity contribution in [3.05, 3.63) is 42.5 Å². The lowest BCUT2D eigenvalue weighted by atomic mass is 10.0. The molecule has 5 rings (SSSR count). The van der Waals surface area contributed by atoms with Crippen LogP contribution >= 0.6 is 0 Å². The van der Waals surface area contributed by atoms with Crippen molar-refractivity contribution in [1.82, 2.24) is 4.98 Å². The van der Waals surface area contributed by atoms with E-state index in [0.29, 0.717) is 11.5 Å². The highest BCUT2D eigenvalue weighted by Gasteiger charge is 2.16. The van der Waals surface area contributed by atoms with Crippen molar-refractivity contribution in [3.63, 3.8) is 0 Å². The second-order valence-electron chi connectivity index (χ2n) is 5.95. The number of ether oxygens (including phenoxy) is 4. The lowest BCUT2D eigenvalue weighted by Crippen LogP contribution is -1.92. The molecule has 0 fully saturated rings. The molecule has 0 atom stereocenters. The Balaban J connectivity index is 1.86. The predicted octanol–water partition coefficient (Wildman–Crippen LogP) is 4.29. The molecule has 0 unspecified atom stereocenters. The molecule has 5 nitrogen and oxygen atoms in total. The van der Waals surface area contributed by atoms with Gasteiger partial charge >= 0.3 is 0 Å². The van der Waals surface area contributed by atoms with Crippen molar-refractivity contribution < 1.29 is 18.9 Å². The van der Waals surface area contributed by atoms with Gasteiger partial charge in [0.1, 0.15) is 0 Å². The first kappa shape index (κ1) is 14.2. The molecule has 25 heavy (non-hydrogen) atoms. The summed E-state index contributed by atoms with van der Waals surface area (Å²) in [7, 11) is 3.28. The van der Waals surface area contributed by atoms with E-state index in [9.17, 15) is 0 Å². The topological polar surface area (TPSA) is 49.8 Å². The van der Waals surface area contributed by atoms with E-state index in [1.165, 1.54) is 0 Å². The van der Waals surface area contributed by atoms with Crippen molar-refractivity contribution in [2.75, 3.05) is 21.0 Å². The summed E-state index contributed by atoms with van der Waals surface area (Å²) < 4.78 is 21.8. The van der Waals surface area contributed by atoms with Gasteiger partial charge in [-0.25, -0.2) is 4.98 Å². The van der Waals surface area contributed by atoms with Crippen LogP contribution in [0.2, 0.25) is 0 Å². The van der Waals surface area contributed by atoms with Crippen molar-refractivity contribution >= 4 is 32.6 Å². The van der Waals surface area contributed by atoms with Gasteiger partial charge in [0, 0.05) is 16.8 Å². The number of nitrogens with zero attached hydrogens (tertiary/aromatic N) is 1. The van der Waals surface area contributed by atoms with Crippen LogP contribution in [0.4, 0.5) is 0 Å². The number of aromatic nitrogens is 1. The van der Waals surface area contributed by atoms with Gasteiger partial charge in [-0.15, -0.1) is 0 Å². The maximum Gasteiger partial charge on any atom is 0.231 e. The number of methoxy groups -OCH3 is 2. The van der Waals surface area contributed by atoms with Crippen LogP contribution < -0.4 is 18.9 Å². The molecule has 0 N–H and O–H groups in total. The SMILES string of the molecule is COc1cc2ccc3nc4cc5c(cc4cc3c2cc1OC)OCO5. The van der Waals surface area contributed by atoms with Crippen LogP contribution in [0.1, 0.15) is 0 Å². The third-order valence-corrected chi connectivity index (χ3v) is 4.61. The van der Waals surface area contributed by atoms with Crippen molar-refractivity contribution in [1.29, 1.82) is 0 Å². The van der Waals surface area contributed by atoms with E-state index < -0.39 is 0 Å². The summed E-state index contributed by atoms with van der Waals surface area (Å²) >= 11 is 0. The van der Waals surface area contributed by atoms with Gasteiger partial charge in [0.25, 0.3) is 0 Å². The van der Waals surface area contributed by atoms with Gasteiger partial charge in [-0.05, 0) is 41.1 Å². The molecule has 0 spiro atoms. The summed E-state index contributed by atoms with van der Waals surface area (Å²) in [5.74, 6) is 2.92. The first-order valence-corrected chi connectivity index (χ1v) is 7.95. The summed E-state index contributed by atoms with van der Waals surface area (Å²) in [5, 5.41) is 4.22. The zero-order chi connectivity index (χ0) is 17.0. The van der Waals surface area contributed by atoms with Crippen LogP contribution in [0.3, 0.4) is 0 Å². The normalized spacial score (nSPS) is 12.9. The third kappa shape index (κ3) is 2.05. The predicted molar refractivity (Wildman–Crippen MR) is 96.0 cm³/mol. The zero-order valence-corrected chi connectivity index (χ0v) is 13.8. The first-order valence-electron chi connectivity index (χ1n) is 7.95. The molecular weight excluding hydrogens is 318 g/mol. The lowest BCUT2D eigenvalue weighted by molar-refractivity contribution is 0.174. The summed E-state index contributed by atoms with van der Waals surface area (Å²) in [5.41, 5.74) is 1.81. The average Bonchev–Trinajstić information content (AvgIpc) is 3.10. The number of rotatable bonds is 2. The molecular formula is C20H15NO4. The standard InChI is InChI=1S/C20H15NO4/c1-22-17-6-11-3-4-15-14(13(11)8-18(17)23-2)5-12-7-19-20(25-10-24-19)9-16(12)21-15/h3-9H,10H2,1-2H3. The number of hydrogen-bond donors (Lipinski definition) is 0. The summed E-state index contributed by atoms with van der Waals surface area (Å²) in [6, 6.07) is 14.1. The van der Waals surface area contributed by atoms with Crippen molar-refractivity contribution in [3.8, 4) is 23.0 Å². The van der Waals surface area contributed by atoms with Gasteiger partial charge in [-0.2, -0.15) is 0 Å². The first-order chi connectivity index (χ1) is 12.3. The smallest absolute Gasteiger partial charge is 0.231 e. The summed E-state index contributed by atoms with van der Waals surface area (Å²) in [4.78, 5) is 4.80. The highest BCUT2D eigenvalue weighted by Crippen LogP contribution is 2.39. The Labute approximate surface area is 143 Å². The summed E-state index contributed by atoms with van der Waals surface area (Å²) in [6.45, 7) is 0.255. The van der Waals surface area contributed by atoms with E-state index in [0.717, 1.165) is 44.1 Å². The van der Waals surface area contributed by atoms with Gasteiger partial charge in [-0.1, -0.05) is 6.07 Å². The van der Waals surface area contributed by atoms with Gasteiger partial charge in [0.2, 0.25) is 6.79 Å². The second-order valence-corrected chi connectivity index (χ2v) is 5.95.